The Labute approximate surface area is 144 Å². The predicted octanol–water partition coefficient (Wildman–Crippen LogP) is 3.53. The van der Waals surface area contributed by atoms with Gasteiger partial charge in [0, 0.05) is 12.7 Å². The van der Waals surface area contributed by atoms with Gasteiger partial charge in [0.15, 0.2) is 11.6 Å². The number of ether oxygens (including phenoxy) is 1. The van der Waals surface area contributed by atoms with Gasteiger partial charge in [-0.05, 0) is 42.0 Å². The molecule has 0 radical (unpaired) electrons. The lowest BCUT2D eigenvalue weighted by Gasteiger charge is -2.10. The first-order valence-electron chi connectivity index (χ1n) is 7.63. The summed E-state index contributed by atoms with van der Waals surface area (Å²) in [5.41, 5.74) is 6.67. The van der Waals surface area contributed by atoms with Gasteiger partial charge < -0.3 is 15.8 Å². The van der Waals surface area contributed by atoms with Crippen LogP contribution in [0.3, 0.4) is 0 Å². The van der Waals surface area contributed by atoms with Crippen molar-refractivity contribution in [1.29, 1.82) is 0 Å². The molecule has 126 valence electrons. The Morgan fingerprint density at radius 2 is 1.92 bits per heavy atom. The van der Waals surface area contributed by atoms with E-state index in [2.05, 4.69) is 10.3 Å². The highest BCUT2D eigenvalue weighted by Gasteiger charge is 2.11. The Kier molecular flexibility index (Phi) is 4.89. The van der Waals surface area contributed by atoms with Crippen molar-refractivity contribution in [2.24, 2.45) is 0 Å². The standard InChI is InChI=1S/C19H16FN3O2/c20-16-9-8-13(11-17(16)25-14-5-2-1-3-6-14)12-23-19(24)15-7-4-10-22-18(15)21/h1-11H,12H2,(H2,21,22)(H,23,24). The van der Waals surface area contributed by atoms with Crippen LogP contribution in [0.5, 0.6) is 11.5 Å². The summed E-state index contributed by atoms with van der Waals surface area (Å²) < 4.78 is 19.5. The number of nitrogens with one attached hydrogen (secondary N) is 1. The van der Waals surface area contributed by atoms with Gasteiger partial charge in [0.1, 0.15) is 11.6 Å². The van der Waals surface area contributed by atoms with Crippen molar-refractivity contribution in [1.82, 2.24) is 10.3 Å². The number of para-hydroxylation sites is 1. The zero-order valence-electron chi connectivity index (χ0n) is 13.3. The molecule has 0 unspecified atom stereocenters. The van der Waals surface area contributed by atoms with Crippen molar-refractivity contribution in [3.63, 3.8) is 0 Å². The summed E-state index contributed by atoms with van der Waals surface area (Å²) in [5.74, 6) is -0.0346. The van der Waals surface area contributed by atoms with E-state index in [1.165, 1.54) is 12.3 Å². The van der Waals surface area contributed by atoms with Gasteiger partial charge in [0.25, 0.3) is 5.91 Å². The Hall–Kier alpha value is -3.41. The molecule has 0 saturated carbocycles. The maximum absolute atomic E-state index is 13.9. The summed E-state index contributed by atoms with van der Waals surface area (Å²) in [6.07, 6.45) is 1.51. The molecule has 3 aromatic rings. The zero-order valence-corrected chi connectivity index (χ0v) is 13.3. The number of carbonyl (C=O) groups is 1. The van der Waals surface area contributed by atoms with Crippen LogP contribution in [0.2, 0.25) is 0 Å². The van der Waals surface area contributed by atoms with Gasteiger partial charge in [-0.25, -0.2) is 9.37 Å². The van der Waals surface area contributed by atoms with E-state index in [0.29, 0.717) is 16.9 Å². The number of anilines is 1. The number of carbonyl (C=O) groups excluding carboxylic acids is 1. The summed E-state index contributed by atoms with van der Waals surface area (Å²) in [4.78, 5) is 16.0. The van der Waals surface area contributed by atoms with Gasteiger partial charge in [-0.1, -0.05) is 24.3 Å². The normalized spacial score (nSPS) is 10.3. The van der Waals surface area contributed by atoms with Crippen molar-refractivity contribution in [2.45, 2.75) is 6.54 Å². The molecule has 3 rings (SSSR count). The monoisotopic (exact) mass is 337 g/mol. The average Bonchev–Trinajstić information content (AvgIpc) is 2.63. The lowest BCUT2D eigenvalue weighted by Crippen LogP contribution is -2.24. The van der Waals surface area contributed by atoms with E-state index in [1.807, 2.05) is 6.07 Å². The first kappa shape index (κ1) is 16.4. The summed E-state index contributed by atoms with van der Waals surface area (Å²) in [7, 11) is 0. The first-order chi connectivity index (χ1) is 12.1. The molecule has 25 heavy (non-hydrogen) atoms. The Bertz CT molecular complexity index is 885. The number of benzene rings is 2. The molecule has 0 bridgehead atoms. The fraction of sp³-hybridized carbons (Fsp3) is 0.0526. The van der Waals surface area contributed by atoms with Crippen LogP contribution in [0.4, 0.5) is 10.2 Å². The number of rotatable bonds is 5. The molecule has 5 nitrogen and oxygen atoms in total. The minimum atomic E-state index is -0.476. The molecule has 0 aliphatic rings. The lowest BCUT2D eigenvalue weighted by molar-refractivity contribution is 0.0951. The molecule has 6 heteroatoms. The molecular formula is C19H16FN3O2. The van der Waals surface area contributed by atoms with Crippen LogP contribution in [-0.4, -0.2) is 10.9 Å². The smallest absolute Gasteiger partial charge is 0.255 e. The van der Waals surface area contributed by atoms with Crippen molar-refractivity contribution in [3.8, 4) is 11.5 Å². The van der Waals surface area contributed by atoms with E-state index in [1.54, 1.807) is 48.5 Å². The summed E-state index contributed by atoms with van der Waals surface area (Å²) in [6, 6.07) is 16.6. The number of hydrogen-bond acceptors (Lipinski definition) is 4. The first-order valence-corrected chi connectivity index (χ1v) is 7.63. The van der Waals surface area contributed by atoms with Gasteiger partial charge in [-0.15, -0.1) is 0 Å². The molecule has 0 aliphatic heterocycles. The van der Waals surface area contributed by atoms with Gasteiger partial charge in [0.05, 0.1) is 5.56 Å². The number of pyridine rings is 1. The van der Waals surface area contributed by atoms with E-state index >= 15 is 0 Å². The summed E-state index contributed by atoms with van der Waals surface area (Å²) in [6.45, 7) is 0.207. The van der Waals surface area contributed by atoms with Crippen LogP contribution >= 0.6 is 0 Å². The molecule has 1 amide bonds. The van der Waals surface area contributed by atoms with Crippen LogP contribution in [0.15, 0.2) is 66.9 Å². The molecule has 0 atom stereocenters. The fourth-order valence-electron chi connectivity index (χ4n) is 2.24. The molecule has 1 heterocycles. The second-order valence-electron chi connectivity index (χ2n) is 5.30. The number of hydrogen-bond donors (Lipinski definition) is 2. The van der Waals surface area contributed by atoms with E-state index < -0.39 is 5.82 Å². The number of halogens is 1. The average molecular weight is 337 g/mol. The zero-order chi connectivity index (χ0) is 17.6. The van der Waals surface area contributed by atoms with Crippen LogP contribution < -0.4 is 15.8 Å². The number of amides is 1. The van der Waals surface area contributed by atoms with Crippen LogP contribution in [0, 0.1) is 5.82 Å². The molecule has 0 spiro atoms. The second-order valence-corrected chi connectivity index (χ2v) is 5.30. The maximum atomic E-state index is 13.9. The highest BCUT2D eigenvalue weighted by molar-refractivity contribution is 5.98. The highest BCUT2D eigenvalue weighted by Crippen LogP contribution is 2.25. The molecule has 3 N–H and O–H groups in total. The molecule has 0 saturated heterocycles. The molecule has 1 aromatic heterocycles. The van der Waals surface area contributed by atoms with E-state index in [4.69, 9.17) is 10.5 Å². The highest BCUT2D eigenvalue weighted by atomic mass is 19.1. The van der Waals surface area contributed by atoms with Gasteiger partial charge in [-0.2, -0.15) is 0 Å². The Balaban J connectivity index is 1.70. The summed E-state index contributed by atoms with van der Waals surface area (Å²) >= 11 is 0. The van der Waals surface area contributed by atoms with Crippen LogP contribution in [-0.2, 0) is 6.54 Å². The van der Waals surface area contributed by atoms with Gasteiger partial charge in [-0.3, -0.25) is 4.79 Å². The SMILES string of the molecule is Nc1ncccc1C(=O)NCc1ccc(F)c(Oc2ccccc2)c1. The third-order valence-electron chi connectivity index (χ3n) is 3.50. The van der Waals surface area contributed by atoms with Crippen molar-refractivity contribution in [3.05, 3.63) is 83.8 Å². The summed E-state index contributed by atoms with van der Waals surface area (Å²) in [5, 5.41) is 2.73. The topological polar surface area (TPSA) is 77.2 Å². The quantitative estimate of drug-likeness (QED) is 0.747. The maximum Gasteiger partial charge on any atom is 0.255 e. The molecule has 0 aliphatic carbocycles. The molecule has 0 fully saturated rings. The van der Waals surface area contributed by atoms with Gasteiger partial charge in [0.2, 0.25) is 0 Å². The van der Waals surface area contributed by atoms with E-state index in [9.17, 15) is 9.18 Å². The second kappa shape index (κ2) is 7.44. The van der Waals surface area contributed by atoms with Crippen LogP contribution in [0.25, 0.3) is 0 Å². The minimum Gasteiger partial charge on any atom is -0.454 e. The lowest BCUT2D eigenvalue weighted by atomic mass is 10.2. The number of nitrogen functional groups attached to an aromatic ring is 1. The number of nitrogens with two attached hydrogens (primary N) is 1. The number of aromatic nitrogens is 1. The minimum absolute atomic E-state index is 0.0961. The predicted molar refractivity (Wildman–Crippen MR) is 92.7 cm³/mol. The van der Waals surface area contributed by atoms with Gasteiger partial charge >= 0.3 is 0 Å². The number of nitrogens with zero attached hydrogens (tertiary/aromatic N) is 1. The Morgan fingerprint density at radius 1 is 1.12 bits per heavy atom. The van der Waals surface area contributed by atoms with Crippen molar-refractivity contribution >= 4 is 11.7 Å². The molecular weight excluding hydrogens is 321 g/mol. The fourth-order valence-corrected chi connectivity index (χ4v) is 2.24. The van der Waals surface area contributed by atoms with E-state index in [-0.39, 0.29) is 24.0 Å². The third-order valence-corrected chi connectivity index (χ3v) is 3.50. The van der Waals surface area contributed by atoms with E-state index in [0.717, 1.165) is 0 Å². The van der Waals surface area contributed by atoms with Crippen LogP contribution in [0.1, 0.15) is 15.9 Å². The largest absolute Gasteiger partial charge is 0.454 e. The Morgan fingerprint density at radius 3 is 2.68 bits per heavy atom. The third kappa shape index (κ3) is 4.11. The van der Waals surface area contributed by atoms with Crippen molar-refractivity contribution < 1.29 is 13.9 Å². The molecule has 2 aromatic carbocycles. The van der Waals surface area contributed by atoms with Crippen molar-refractivity contribution in [2.75, 3.05) is 5.73 Å².